The predicted octanol–water partition coefficient (Wildman–Crippen LogP) is 3.25. The lowest BCUT2D eigenvalue weighted by molar-refractivity contribution is 0.275. The van der Waals surface area contributed by atoms with Crippen LogP contribution >= 0.6 is 0 Å². The fourth-order valence-electron chi connectivity index (χ4n) is 2.22. The molecular weight excluding hydrogens is 210 g/mol. The third-order valence-corrected chi connectivity index (χ3v) is 3.48. The summed E-state index contributed by atoms with van der Waals surface area (Å²) in [5.74, 6) is 1.60. The average molecular weight is 233 g/mol. The van der Waals surface area contributed by atoms with Crippen LogP contribution < -0.4 is 10.1 Å². The number of aryl methyl sites for hydroxylation is 1. The van der Waals surface area contributed by atoms with E-state index in [1.807, 2.05) is 0 Å². The van der Waals surface area contributed by atoms with Gasteiger partial charge in [0.25, 0.3) is 0 Å². The number of benzene rings is 1. The topological polar surface area (TPSA) is 21.3 Å². The fraction of sp³-hybridized carbons (Fsp3) is 0.600. The monoisotopic (exact) mass is 233 g/mol. The first-order valence-electron chi connectivity index (χ1n) is 6.63. The van der Waals surface area contributed by atoms with E-state index in [-0.39, 0.29) is 0 Å². The Labute approximate surface area is 104 Å². The van der Waals surface area contributed by atoms with Crippen molar-refractivity contribution in [3.8, 4) is 5.75 Å². The molecule has 0 spiro atoms. The van der Waals surface area contributed by atoms with E-state index in [9.17, 15) is 0 Å². The fourth-order valence-corrected chi connectivity index (χ4v) is 2.22. The minimum absolute atomic E-state index is 0.539. The average Bonchev–Trinajstić information content (AvgIpc) is 2.80. The highest BCUT2D eigenvalue weighted by atomic mass is 16.5. The van der Waals surface area contributed by atoms with Crippen LogP contribution in [0.1, 0.15) is 43.7 Å². The van der Waals surface area contributed by atoms with Crippen LogP contribution in [-0.2, 0) is 0 Å². The highest BCUT2D eigenvalue weighted by Crippen LogP contribution is 2.24. The van der Waals surface area contributed by atoms with Crippen LogP contribution in [0.4, 0.5) is 0 Å². The highest BCUT2D eigenvalue weighted by Gasteiger charge is 2.15. The molecule has 0 saturated carbocycles. The summed E-state index contributed by atoms with van der Waals surface area (Å²) in [6.45, 7) is 8.48. The SMILES string of the molecule is Cc1ccc(C(C)C)cc1OC[C@@H]1CCCN1. The first-order valence-corrected chi connectivity index (χ1v) is 6.63. The maximum absolute atomic E-state index is 5.95. The summed E-state index contributed by atoms with van der Waals surface area (Å²) >= 11 is 0. The van der Waals surface area contributed by atoms with Crippen molar-refractivity contribution < 1.29 is 4.74 Å². The van der Waals surface area contributed by atoms with Crippen LogP contribution in [0.3, 0.4) is 0 Å². The van der Waals surface area contributed by atoms with Crippen molar-refractivity contribution in [2.75, 3.05) is 13.2 Å². The molecule has 0 aliphatic carbocycles. The summed E-state index contributed by atoms with van der Waals surface area (Å²) < 4.78 is 5.95. The Morgan fingerprint density at radius 3 is 2.88 bits per heavy atom. The second-order valence-corrected chi connectivity index (χ2v) is 5.28. The van der Waals surface area contributed by atoms with Crippen molar-refractivity contribution in [2.24, 2.45) is 0 Å². The molecule has 2 nitrogen and oxygen atoms in total. The zero-order valence-corrected chi connectivity index (χ0v) is 11.1. The largest absolute Gasteiger partial charge is 0.492 e. The summed E-state index contributed by atoms with van der Waals surface area (Å²) in [6, 6.07) is 7.08. The van der Waals surface area contributed by atoms with Crippen LogP contribution in [0.5, 0.6) is 5.75 Å². The zero-order valence-electron chi connectivity index (χ0n) is 11.1. The van der Waals surface area contributed by atoms with E-state index in [1.54, 1.807) is 0 Å². The Kier molecular flexibility index (Phi) is 4.06. The van der Waals surface area contributed by atoms with Crippen LogP contribution in [0.2, 0.25) is 0 Å². The smallest absolute Gasteiger partial charge is 0.122 e. The van der Waals surface area contributed by atoms with Gasteiger partial charge in [0.2, 0.25) is 0 Å². The molecule has 1 aromatic carbocycles. The van der Waals surface area contributed by atoms with Gasteiger partial charge in [-0.05, 0) is 49.4 Å². The van der Waals surface area contributed by atoms with Crippen molar-refractivity contribution in [2.45, 2.75) is 45.6 Å². The lowest BCUT2D eigenvalue weighted by Crippen LogP contribution is -2.28. The maximum Gasteiger partial charge on any atom is 0.122 e. The van der Waals surface area contributed by atoms with Gasteiger partial charge in [-0.3, -0.25) is 0 Å². The van der Waals surface area contributed by atoms with Crippen molar-refractivity contribution in [3.63, 3.8) is 0 Å². The number of nitrogens with one attached hydrogen (secondary N) is 1. The molecule has 1 heterocycles. The molecule has 1 fully saturated rings. The van der Waals surface area contributed by atoms with Gasteiger partial charge in [-0.25, -0.2) is 0 Å². The Hall–Kier alpha value is -1.02. The van der Waals surface area contributed by atoms with Crippen LogP contribution in [0.25, 0.3) is 0 Å². The summed E-state index contributed by atoms with van der Waals surface area (Å²) in [5, 5.41) is 3.46. The Balaban J connectivity index is 2.00. The van der Waals surface area contributed by atoms with Gasteiger partial charge in [0.05, 0.1) is 0 Å². The Morgan fingerprint density at radius 1 is 1.41 bits per heavy atom. The molecule has 1 aromatic rings. The third-order valence-electron chi connectivity index (χ3n) is 3.48. The second kappa shape index (κ2) is 5.54. The van der Waals surface area contributed by atoms with E-state index in [4.69, 9.17) is 4.74 Å². The summed E-state index contributed by atoms with van der Waals surface area (Å²) in [6.07, 6.45) is 2.52. The van der Waals surface area contributed by atoms with Crippen molar-refractivity contribution in [3.05, 3.63) is 29.3 Å². The highest BCUT2D eigenvalue weighted by molar-refractivity contribution is 5.37. The van der Waals surface area contributed by atoms with E-state index >= 15 is 0 Å². The third kappa shape index (κ3) is 3.22. The van der Waals surface area contributed by atoms with Crippen LogP contribution in [0.15, 0.2) is 18.2 Å². The Bertz CT molecular complexity index is 367. The second-order valence-electron chi connectivity index (χ2n) is 5.28. The molecule has 0 radical (unpaired) electrons. The van der Waals surface area contributed by atoms with E-state index < -0.39 is 0 Å². The maximum atomic E-state index is 5.95. The van der Waals surface area contributed by atoms with Gasteiger partial charge in [-0.2, -0.15) is 0 Å². The van der Waals surface area contributed by atoms with Crippen molar-refractivity contribution in [1.82, 2.24) is 5.32 Å². The lowest BCUT2D eigenvalue weighted by atomic mass is 10.0. The molecule has 2 rings (SSSR count). The van der Waals surface area contributed by atoms with Gasteiger partial charge in [0.15, 0.2) is 0 Å². The zero-order chi connectivity index (χ0) is 12.3. The standard InChI is InChI=1S/C15H23NO/c1-11(2)13-7-6-12(3)15(9-13)17-10-14-5-4-8-16-14/h6-7,9,11,14,16H,4-5,8,10H2,1-3H3/t14-/m0/s1. The molecule has 1 N–H and O–H groups in total. The minimum Gasteiger partial charge on any atom is -0.492 e. The van der Waals surface area contributed by atoms with Crippen molar-refractivity contribution >= 4 is 0 Å². The minimum atomic E-state index is 0.539. The van der Waals surface area contributed by atoms with Gasteiger partial charge < -0.3 is 10.1 Å². The first-order chi connectivity index (χ1) is 8.16. The number of ether oxygens (including phenoxy) is 1. The molecule has 1 aliphatic rings. The normalized spacial score (nSPS) is 19.9. The summed E-state index contributed by atoms with van der Waals surface area (Å²) in [5.41, 5.74) is 2.58. The predicted molar refractivity (Wildman–Crippen MR) is 71.8 cm³/mol. The first kappa shape index (κ1) is 12.4. The van der Waals surface area contributed by atoms with E-state index in [1.165, 1.54) is 24.0 Å². The number of hydrogen-bond donors (Lipinski definition) is 1. The summed E-state index contributed by atoms with van der Waals surface area (Å²) in [7, 11) is 0. The quantitative estimate of drug-likeness (QED) is 0.862. The summed E-state index contributed by atoms with van der Waals surface area (Å²) in [4.78, 5) is 0. The lowest BCUT2D eigenvalue weighted by Gasteiger charge is -2.15. The number of hydrogen-bond acceptors (Lipinski definition) is 2. The molecule has 0 aromatic heterocycles. The molecule has 94 valence electrons. The molecule has 1 saturated heterocycles. The van der Waals surface area contributed by atoms with Gasteiger partial charge in [0, 0.05) is 6.04 Å². The molecule has 0 amide bonds. The molecular formula is C15H23NO. The molecule has 0 bridgehead atoms. The van der Waals surface area contributed by atoms with E-state index in [0.29, 0.717) is 12.0 Å². The molecule has 17 heavy (non-hydrogen) atoms. The van der Waals surface area contributed by atoms with Crippen LogP contribution in [-0.4, -0.2) is 19.2 Å². The Morgan fingerprint density at radius 2 is 2.24 bits per heavy atom. The molecule has 2 heteroatoms. The van der Waals surface area contributed by atoms with E-state index in [0.717, 1.165) is 18.9 Å². The molecule has 1 atom stereocenters. The van der Waals surface area contributed by atoms with Gasteiger partial charge in [0.1, 0.15) is 12.4 Å². The van der Waals surface area contributed by atoms with Crippen molar-refractivity contribution in [1.29, 1.82) is 0 Å². The van der Waals surface area contributed by atoms with Gasteiger partial charge in [-0.15, -0.1) is 0 Å². The molecule has 0 unspecified atom stereocenters. The van der Waals surface area contributed by atoms with Gasteiger partial charge >= 0.3 is 0 Å². The van der Waals surface area contributed by atoms with E-state index in [2.05, 4.69) is 44.3 Å². The number of rotatable bonds is 4. The van der Waals surface area contributed by atoms with Gasteiger partial charge in [-0.1, -0.05) is 26.0 Å². The molecule has 1 aliphatic heterocycles. The van der Waals surface area contributed by atoms with Crippen LogP contribution in [0, 0.1) is 6.92 Å².